The summed E-state index contributed by atoms with van der Waals surface area (Å²) in [6, 6.07) is 14.4. The van der Waals surface area contributed by atoms with Crippen LogP contribution >= 0.6 is 0 Å². The van der Waals surface area contributed by atoms with Crippen molar-refractivity contribution in [3.63, 3.8) is 0 Å². The molecular formula is C32H40F6N4O6. The number of unbranched alkanes of at least 4 members (excludes halogenated alkanes) is 2. The average Bonchev–Trinajstić information content (AvgIpc) is 3.49. The molecule has 1 aromatic heterocycles. The number of amides is 1. The van der Waals surface area contributed by atoms with E-state index >= 15 is 0 Å². The summed E-state index contributed by atoms with van der Waals surface area (Å²) >= 11 is 0. The molecule has 3 aromatic rings. The summed E-state index contributed by atoms with van der Waals surface area (Å²) < 4.78 is 63.5. The second-order valence-corrected chi connectivity index (χ2v) is 11.3. The number of carbonyl (C=O) groups is 4. The van der Waals surface area contributed by atoms with E-state index in [4.69, 9.17) is 19.8 Å². The van der Waals surface area contributed by atoms with Crippen molar-refractivity contribution in [2.24, 2.45) is 0 Å². The van der Waals surface area contributed by atoms with E-state index in [0.717, 1.165) is 42.8 Å². The van der Waals surface area contributed by atoms with Gasteiger partial charge in [-0.15, -0.1) is 0 Å². The molecule has 4 N–H and O–H groups in total. The third-order valence-electron chi connectivity index (χ3n) is 7.29. The monoisotopic (exact) mass is 690 g/mol. The van der Waals surface area contributed by atoms with Crippen molar-refractivity contribution < 1.29 is 55.7 Å². The van der Waals surface area contributed by atoms with Crippen LogP contribution in [-0.2, 0) is 19.2 Å². The van der Waals surface area contributed by atoms with Crippen molar-refractivity contribution in [2.75, 3.05) is 14.1 Å². The van der Waals surface area contributed by atoms with Gasteiger partial charge in [-0.05, 0) is 57.6 Å². The fourth-order valence-electron chi connectivity index (χ4n) is 3.86. The van der Waals surface area contributed by atoms with Crippen molar-refractivity contribution in [3.05, 3.63) is 54.5 Å². The van der Waals surface area contributed by atoms with E-state index < -0.39 is 29.8 Å². The maximum Gasteiger partial charge on any atom is 0.490 e. The van der Waals surface area contributed by atoms with Crippen LogP contribution in [0.5, 0.6) is 0 Å². The topological polar surface area (TPSA) is 153 Å². The standard InChI is InChI=1S/C28H38N4O2.2C2HF3O2/c1-6-23(33)14-8-7-9-15-24(31-27(34)28(2,3)32(4)5)26-29-19-25(30-26)22-17-16-20-12-10-11-13-21(20)18-22;2*3-2(4,5)1(6)7/h10-13,16-19,24H,6-9,14-15H2,1-5H3,(H,29,30)(H,31,34);2*(H,6,7)/t24-;;/m0../s1. The number of aromatic nitrogens is 2. The Morgan fingerprint density at radius 3 is 1.92 bits per heavy atom. The van der Waals surface area contributed by atoms with Crippen molar-refractivity contribution in [1.29, 1.82) is 0 Å². The number of ketones is 1. The predicted molar refractivity (Wildman–Crippen MR) is 166 cm³/mol. The normalized spacial score (nSPS) is 12.3. The molecule has 0 fully saturated rings. The highest BCUT2D eigenvalue weighted by Gasteiger charge is 2.39. The zero-order valence-electron chi connectivity index (χ0n) is 27.1. The van der Waals surface area contributed by atoms with Crippen LogP contribution in [0.2, 0.25) is 0 Å². The molecule has 266 valence electrons. The fourth-order valence-corrected chi connectivity index (χ4v) is 3.86. The Morgan fingerprint density at radius 2 is 1.42 bits per heavy atom. The summed E-state index contributed by atoms with van der Waals surface area (Å²) in [5.74, 6) is -4.48. The van der Waals surface area contributed by atoms with E-state index in [2.05, 4.69) is 45.6 Å². The smallest absolute Gasteiger partial charge is 0.475 e. The first kappa shape index (κ1) is 41.6. The number of likely N-dealkylation sites (N-methyl/N-ethyl adjacent to an activating group) is 1. The molecule has 0 spiro atoms. The van der Waals surface area contributed by atoms with Crippen LogP contribution in [0.4, 0.5) is 26.3 Å². The van der Waals surface area contributed by atoms with Crippen LogP contribution in [-0.4, -0.2) is 80.7 Å². The number of carboxylic acids is 2. The van der Waals surface area contributed by atoms with Crippen molar-refractivity contribution in [2.45, 2.75) is 83.2 Å². The van der Waals surface area contributed by atoms with Gasteiger partial charge in [-0.3, -0.25) is 14.5 Å². The molecule has 0 saturated carbocycles. The number of hydrogen-bond donors (Lipinski definition) is 4. The largest absolute Gasteiger partial charge is 0.490 e. The number of benzene rings is 2. The molecular weight excluding hydrogens is 650 g/mol. The van der Waals surface area contributed by atoms with Gasteiger partial charge in [-0.2, -0.15) is 26.3 Å². The lowest BCUT2D eigenvalue weighted by molar-refractivity contribution is -0.193. The Kier molecular flexibility index (Phi) is 15.7. The summed E-state index contributed by atoms with van der Waals surface area (Å²) in [7, 11) is 3.81. The number of carboxylic acid groups (broad SMARTS) is 2. The number of aliphatic carboxylic acids is 2. The number of alkyl halides is 6. The van der Waals surface area contributed by atoms with Crippen LogP contribution < -0.4 is 5.32 Å². The van der Waals surface area contributed by atoms with E-state index in [1.165, 1.54) is 10.8 Å². The molecule has 0 aliphatic carbocycles. The second-order valence-electron chi connectivity index (χ2n) is 11.3. The second kappa shape index (κ2) is 18.2. The lowest BCUT2D eigenvalue weighted by Crippen LogP contribution is -2.52. The van der Waals surface area contributed by atoms with E-state index in [9.17, 15) is 35.9 Å². The van der Waals surface area contributed by atoms with Crippen molar-refractivity contribution >= 4 is 34.4 Å². The Bertz CT molecular complexity index is 1490. The predicted octanol–water partition coefficient (Wildman–Crippen LogP) is 6.92. The maximum absolute atomic E-state index is 13.1. The van der Waals surface area contributed by atoms with Crippen molar-refractivity contribution in [1.82, 2.24) is 20.2 Å². The number of nitrogens with zero attached hydrogens (tertiary/aromatic N) is 2. The number of carbonyl (C=O) groups excluding carboxylic acids is 2. The highest BCUT2D eigenvalue weighted by molar-refractivity contribution is 5.87. The molecule has 0 aliphatic rings. The zero-order valence-corrected chi connectivity index (χ0v) is 27.1. The van der Waals surface area contributed by atoms with E-state index in [0.29, 0.717) is 18.6 Å². The number of rotatable bonds is 12. The van der Waals surface area contributed by atoms with Gasteiger partial charge in [0.05, 0.1) is 23.5 Å². The van der Waals surface area contributed by atoms with Gasteiger partial charge in [-0.1, -0.05) is 56.2 Å². The lowest BCUT2D eigenvalue weighted by Gasteiger charge is -2.32. The molecule has 10 nitrogen and oxygen atoms in total. The molecule has 48 heavy (non-hydrogen) atoms. The first-order valence-electron chi connectivity index (χ1n) is 14.8. The van der Waals surface area contributed by atoms with Gasteiger partial charge in [0.1, 0.15) is 11.6 Å². The first-order chi connectivity index (χ1) is 22.1. The third-order valence-corrected chi connectivity index (χ3v) is 7.29. The molecule has 16 heteroatoms. The maximum atomic E-state index is 13.1. The summed E-state index contributed by atoms with van der Waals surface area (Å²) in [4.78, 5) is 52.5. The number of halogens is 6. The van der Waals surface area contributed by atoms with Gasteiger partial charge in [0.15, 0.2) is 0 Å². The molecule has 1 heterocycles. The molecule has 1 amide bonds. The Hall–Kier alpha value is -4.47. The third kappa shape index (κ3) is 13.7. The first-order valence-corrected chi connectivity index (χ1v) is 14.8. The van der Waals surface area contributed by atoms with Crippen LogP contribution in [0.3, 0.4) is 0 Å². The number of aromatic amines is 1. The van der Waals surface area contributed by atoms with E-state index in [-0.39, 0.29) is 11.9 Å². The summed E-state index contributed by atoms with van der Waals surface area (Å²) in [5.41, 5.74) is 1.36. The molecule has 1 atom stereocenters. The van der Waals surface area contributed by atoms with Gasteiger partial charge in [-0.25, -0.2) is 14.6 Å². The molecule has 0 radical (unpaired) electrons. The van der Waals surface area contributed by atoms with Gasteiger partial charge < -0.3 is 20.5 Å². The van der Waals surface area contributed by atoms with Crippen LogP contribution in [0.25, 0.3) is 22.0 Å². The highest BCUT2D eigenvalue weighted by atomic mass is 19.4. The Balaban J connectivity index is 0.000000687. The minimum absolute atomic E-state index is 0.0349. The number of hydrogen-bond acceptors (Lipinski definition) is 6. The number of H-pyrrole nitrogens is 1. The van der Waals surface area contributed by atoms with Crippen molar-refractivity contribution in [3.8, 4) is 11.3 Å². The lowest BCUT2D eigenvalue weighted by atomic mass is 10.0. The molecule has 0 bridgehead atoms. The van der Waals surface area contributed by atoms with Gasteiger partial charge in [0.2, 0.25) is 5.91 Å². The number of nitrogens with one attached hydrogen (secondary N) is 2. The van der Waals surface area contributed by atoms with Crippen LogP contribution in [0.15, 0.2) is 48.7 Å². The van der Waals surface area contributed by atoms with E-state index in [1.54, 1.807) is 0 Å². The average molecular weight is 691 g/mol. The van der Waals surface area contributed by atoms with Gasteiger partial charge in [0, 0.05) is 18.4 Å². The van der Waals surface area contributed by atoms with Crippen LogP contribution in [0.1, 0.15) is 71.2 Å². The SMILES string of the molecule is CCC(=O)CCCCC[C@H](NC(=O)C(C)(C)N(C)C)c1ncc(-c2ccc3ccccc3c2)[nH]1.O=C(O)C(F)(F)F.O=C(O)C(F)(F)F. The van der Waals surface area contributed by atoms with E-state index in [1.807, 2.05) is 58.1 Å². The quantitative estimate of drug-likeness (QED) is 0.118. The number of fused-ring (bicyclic) bond motifs is 1. The zero-order chi connectivity index (χ0) is 36.9. The minimum Gasteiger partial charge on any atom is -0.475 e. The molecule has 2 aromatic carbocycles. The Labute approximate surface area is 273 Å². The number of Topliss-reactive ketones (excluding diaryl/α,β-unsaturated/α-hetero) is 1. The summed E-state index contributed by atoms with van der Waals surface area (Å²) in [5, 5.41) is 19.8. The molecule has 3 rings (SSSR count). The minimum atomic E-state index is -5.08. The fraction of sp³-hybridized carbons (Fsp3) is 0.469. The molecule has 0 unspecified atom stereocenters. The highest BCUT2D eigenvalue weighted by Crippen LogP contribution is 2.26. The summed E-state index contributed by atoms with van der Waals surface area (Å²) in [6.07, 6.45) is -3.58. The van der Waals surface area contributed by atoms with Gasteiger partial charge in [0.25, 0.3) is 0 Å². The van der Waals surface area contributed by atoms with Gasteiger partial charge >= 0.3 is 24.3 Å². The van der Waals surface area contributed by atoms with Crippen LogP contribution in [0, 0.1) is 0 Å². The Morgan fingerprint density at radius 1 is 0.875 bits per heavy atom. The molecule has 0 saturated heterocycles. The number of imidazole rings is 1. The summed E-state index contributed by atoms with van der Waals surface area (Å²) in [6.45, 7) is 5.74. The molecule has 0 aliphatic heterocycles.